The summed E-state index contributed by atoms with van der Waals surface area (Å²) in [4.78, 5) is 18.4. The summed E-state index contributed by atoms with van der Waals surface area (Å²) in [5.74, 6) is 0.341. The Morgan fingerprint density at radius 3 is 1.44 bits per heavy atom. The molecule has 9 heteroatoms. The van der Waals surface area contributed by atoms with E-state index in [-0.39, 0.29) is 17.9 Å². The summed E-state index contributed by atoms with van der Waals surface area (Å²) < 4.78 is 1.94. The molecule has 6 rings (SSSR count). The molecular formula is C36H30Br2N5OP. The topological polar surface area (TPSA) is 79.8 Å². The van der Waals surface area contributed by atoms with Crippen LogP contribution in [0.3, 0.4) is 0 Å². The summed E-state index contributed by atoms with van der Waals surface area (Å²) in [5, 5.41) is 16.1. The normalized spacial score (nSPS) is 12.2. The van der Waals surface area contributed by atoms with Crippen LogP contribution in [0.2, 0.25) is 0 Å². The zero-order valence-corrected chi connectivity index (χ0v) is 28.5. The third kappa shape index (κ3) is 5.99. The predicted molar refractivity (Wildman–Crippen MR) is 194 cm³/mol. The van der Waals surface area contributed by atoms with Gasteiger partial charge in [-0.25, -0.2) is 0 Å². The van der Waals surface area contributed by atoms with Crippen LogP contribution in [0, 0.1) is 0 Å². The van der Waals surface area contributed by atoms with Crippen LogP contribution in [0.1, 0.15) is 6.92 Å². The van der Waals surface area contributed by atoms with Crippen LogP contribution >= 0.6 is 38.6 Å². The molecule has 0 aliphatic carbocycles. The van der Waals surface area contributed by atoms with Crippen molar-refractivity contribution in [2.24, 2.45) is 0 Å². The van der Waals surface area contributed by atoms with Gasteiger partial charge < -0.3 is 0 Å². The predicted octanol–water partition coefficient (Wildman–Crippen LogP) is 7.68. The molecule has 0 unspecified atom stereocenters. The zero-order chi connectivity index (χ0) is 31.3. The molecule has 0 radical (unpaired) electrons. The Kier molecular flexibility index (Phi) is 9.02. The van der Waals surface area contributed by atoms with Crippen molar-refractivity contribution in [2.75, 3.05) is 11.6 Å². The van der Waals surface area contributed by atoms with Crippen LogP contribution in [0.4, 0.5) is 5.95 Å². The van der Waals surface area contributed by atoms with Gasteiger partial charge in [0.15, 0.2) is 0 Å². The Hall–Kier alpha value is -4.07. The molecule has 0 bridgehead atoms. The monoisotopic (exact) mass is 737 g/mol. The van der Waals surface area contributed by atoms with Gasteiger partial charge in [-0.3, -0.25) is 0 Å². The summed E-state index contributed by atoms with van der Waals surface area (Å²) in [7, 11) is 0. The Bertz CT molecular complexity index is 1830. The van der Waals surface area contributed by atoms with Gasteiger partial charge in [-0.05, 0) is 0 Å². The van der Waals surface area contributed by atoms with Crippen molar-refractivity contribution in [3.63, 3.8) is 0 Å². The standard InChI is InChI=1S/C36H30Br2N5OP/c1-26(44)25-45(31-11-5-2-6-12-31,32-13-7-3-8-14-32,33-15-9-4-10-16-33)43-42-36-39-34(27-17-21-29(37)22-18-27)35(40-41-36)28-19-23-30(38)24-20-28/h2-24,43H,25H2,1H3,(H,39,41,42). The minimum absolute atomic E-state index is 0.0544. The van der Waals surface area contributed by atoms with Gasteiger partial charge in [0.05, 0.1) is 0 Å². The Morgan fingerprint density at radius 2 is 1.02 bits per heavy atom. The van der Waals surface area contributed by atoms with E-state index in [0.717, 1.165) is 36.0 Å². The average Bonchev–Trinajstić information content (AvgIpc) is 3.08. The molecule has 0 saturated heterocycles. The van der Waals surface area contributed by atoms with Crippen LogP contribution in [-0.4, -0.2) is 27.1 Å². The SMILES string of the molecule is CC(=O)CP(NNc1nnc(-c2ccc(Br)cc2)c(-c2ccc(Br)cc2)n1)(c1ccccc1)(c1ccccc1)c1ccccc1. The van der Waals surface area contributed by atoms with Crippen molar-refractivity contribution in [3.8, 4) is 22.5 Å². The summed E-state index contributed by atoms with van der Waals surface area (Å²) in [6.07, 6.45) is 0.237. The molecule has 0 saturated carbocycles. The molecule has 0 aliphatic rings. The van der Waals surface area contributed by atoms with Gasteiger partial charge in [0, 0.05) is 0 Å². The average molecular weight is 739 g/mol. The quantitative estimate of drug-likeness (QED) is 0.111. The van der Waals surface area contributed by atoms with Crippen molar-refractivity contribution in [3.05, 3.63) is 148 Å². The first kappa shape index (κ1) is 30.9. The number of aromatic nitrogens is 3. The van der Waals surface area contributed by atoms with Gasteiger partial charge >= 0.3 is 281 Å². The summed E-state index contributed by atoms with van der Waals surface area (Å²) in [6, 6.07) is 46.5. The van der Waals surface area contributed by atoms with Gasteiger partial charge in [-0.2, -0.15) is 0 Å². The summed E-state index contributed by atoms with van der Waals surface area (Å²) in [5.41, 5.74) is 6.51. The molecule has 0 spiro atoms. The minimum atomic E-state index is -3.77. The van der Waals surface area contributed by atoms with Crippen molar-refractivity contribution in [1.82, 2.24) is 20.4 Å². The molecule has 224 valence electrons. The molecule has 5 aromatic carbocycles. The first-order chi connectivity index (χ1) is 21.9. The summed E-state index contributed by atoms with van der Waals surface area (Å²) >= 11 is 7.07. The number of halogens is 2. The van der Waals surface area contributed by atoms with Crippen molar-refractivity contribution in [1.29, 1.82) is 0 Å². The van der Waals surface area contributed by atoms with Gasteiger partial charge in [0.25, 0.3) is 0 Å². The second-order valence-corrected chi connectivity index (χ2v) is 17.3. The van der Waals surface area contributed by atoms with Gasteiger partial charge in [-0.1, -0.05) is 0 Å². The number of carbonyl (C=O) groups is 1. The second-order valence-electron chi connectivity index (χ2n) is 10.8. The van der Waals surface area contributed by atoms with Crippen LogP contribution in [0.25, 0.3) is 22.5 Å². The molecule has 0 fully saturated rings. The van der Waals surface area contributed by atoms with Gasteiger partial charge in [-0.15, -0.1) is 0 Å². The molecule has 0 aliphatic heterocycles. The van der Waals surface area contributed by atoms with E-state index < -0.39 is 6.75 Å². The first-order valence-corrected chi connectivity index (χ1v) is 18.4. The summed E-state index contributed by atoms with van der Waals surface area (Å²) in [6.45, 7) is -2.12. The molecular weight excluding hydrogens is 709 g/mol. The fourth-order valence-electron chi connectivity index (χ4n) is 5.83. The molecule has 45 heavy (non-hydrogen) atoms. The van der Waals surface area contributed by atoms with E-state index in [1.165, 1.54) is 0 Å². The number of nitrogens with one attached hydrogen (secondary N) is 2. The molecule has 6 nitrogen and oxygen atoms in total. The Balaban J connectivity index is 1.56. The number of benzene rings is 5. The van der Waals surface area contributed by atoms with E-state index >= 15 is 0 Å². The van der Waals surface area contributed by atoms with E-state index in [2.05, 4.69) is 89.1 Å². The van der Waals surface area contributed by atoms with Gasteiger partial charge in [0.1, 0.15) is 0 Å². The number of hydrazine groups is 1. The van der Waals surface area contributed by atoms with Gasteiger partial charge in [0.2, 0.25) is 0 Å². The van der Waals surface area contributed by atoms with Crippen molar-refractivity contribution >= 4 is 66.3 Å². The maximum atomic E-state index is 13.4. The molecule has 0 atom stereocenters. The second kappa shape index (κ2) is 13.1. The molecule has 1 aromatic heterocycles. The van der Waals surface area contributed by atoms with Crippen molar-refractivity contribution in [2.45, 2.75) is 6.92 Å². The fraction of sp³-hybridized carbons (Fsp3) is 0.0556. The van der Waals surface area contributed by atoms with Crippen LogP contribution < -0.4 is 26.5 Å². The number of rotatable bonds is 10. The number of anilines is 1. The maximum absolute atomic E-state index is 13.4. The number of hydrogen-bond donors (Lipinski definition) is 2. The van der Waals surface area contributed by atoms with Crippen LogP contribution in [0.5, 0.6) is 0 Å². The number of ketones is 1. The van der Waals surface area contributed by atoms with E-state index in [0.29, 0.717) is 11.4 Å². The Morgan fingerprint density at radius 1 is 0.600 bits per heavy atom. The molecule has 2 N–H and O–H groups in total. The zero-order valence-electron chi connectivity index (χ0n) is 24.4. The molecule has 6 aromatic rings. The van der Waals surface area contributed by atoms with Crippen LogP contribution in [-0.2, 0) is 4.79 Å². The van der Waals surface area contributed by atoms with Crippen molar-refractivity contribution < 1.29 is 4.79 Å². The third-order valence-electron chi connectivity index (χ3n) is 7.85. The van der Waals surface area contributed by atoms with E-state index in [1.54, 1.807) is 6.92 Å². The van der Waals surface area contributed by atoms with E-state index in [4.69, 9.17) is 4.98 Å². The first-order valence-electron chi connectivity index (χ1n) is 14.4. The number of nitrogens with zero attached hydrogens (tertiary/aromatic N) is 3. The molecule has 0 amide bonds. The number of hydrogen-bond acceptors (Lipinski definition) is 6. The van der Waals surface area contributed by atoms with E-state index in [9.17, 15) is 4.79 Å². The number of Topliss-reactive ketones (excluding diaryl/α,β-unsaturated/α-hetero) is 1. The van der Waals surface area contributed by atoms with E-state index in [1.807, 2.05) is 103 Å². The third-order valence-corrected chi connectivity index (χ3v) is 14.9. The Labute approximate surface area is 279 Å². The number of carbonyl (C=O) groups excluding carboxylic acids is 1. The fourth-order valence-corrected chi connectivity index (χ4v) is 12.0. The van der Waals surface area contributed by atoms with Crippen LogP contribution in [0.15, 0.2) is 148 Å². The molecule has 1 heterocycles.